The fraction of sp³-hybridized carbons (Fsp3) is 0.238. The SMILES string of the molecule is CCOP(=O)(Cc1ccc(N=Cc2cc3ccccc3[nH]c2=O)cc1)OCC. The summed E-state index contributed by atoms with van der Waals surface area (Å²) in [6, 6.07) is 16.7. The number of rotatable bonds is 8. The number of nitrogens with zero attached hydrogens (tertiary/aromatic N) is 1. The normalized spacial score (nSPS) is 12.1. The van der Waals surface area contributed by atoms with E-state index in [2.05, 4.69) is 9.98 Å². The van der Waals surface area contributed by atoms with Crippen LogP contribution in [0.4, 0.5) is 5.69 Å². The number of aliphatic imine (C=N–C) groups is 1. The van der Waals surface area contributed by atoms with Crippen LogP contribution < -0.4 is 5.56 Å². The van der Waals surface area contributed by atoms with Crippen LogP contribution in [0.2, 0.25) is 0 Å². The first-order chi connectivity index (χ1) is 13.5. The van der Waals surface area contributed by atoms with Crippen molar-refractivity contribution in [2.45, 2.75) is 20.0 Å². The van der Waals surface area contributed by atoms with Crippen molar-refractivity contribution < 1.29 is 13.6 Å². The second kappa shape index (κ2) is 9.11. The van der Waals surface area contributed by atoms with Gasteiger partial charge in [0.25, 0.3) is 5.56 Å². The van der Waals surface area contributed by atoms with Gasteiger partial charge in [-0.25, -0.2) is 0 Å². The molecule has 0 spiro atoms. The molecule has 0 atom stereocenters. The highest BCUT2D eigenvalue weighted by Gasteiger charge is 2.23. The maximum absolute atomic E-state index is 12.6. The minimum atomic E-state index is -3.13. The number of para-hydroxylation sites is 1. The van der Waals surface area contributed by atoms with Gasteiger partial charge in [0.15, 0.2) is 0 Å². The van der Waals surface area contributed by atoms with E-state index in [0.717, 1.165) is 16.5 Å². The van der Waals surface area contributed by atoms with Gasteiger partial charge >= 0.3 is 7.60 Å². The predicted molar refractivity (Wildman–Crippen MR) is 113 cm³/mol. The number of nitrogens with one attached hydrogen (secondary N) is 1. The minimum Gasteiger partial charge on any atom is -0.321 e. The zero-order chi connectivity index (χ0) is 20.0. The average Bonchev–Trinajstić information content (AvgIpc) is 2.68. The van der Waals surface area contributed by atoms with Crippen LogP contribution in [0, 0.1) is 0 Å². The molecule has 0 aliphatic heterocycles. The van der Waals surface area contributed by atoms with E-state index in [1.807, 2.05) is 54.6 Å². The van der Waals surface area contributed by atoms with Crippen LogP contribution in [-0.2, 0) is 19.8 Å². The van der Waals surface area contributed by atoms with E-state index in [1.165, 1.54) is 0 Å². The van der Waals surface area contributed by atoms with Crippen LogP contribution in [0.5, 0.6) is 0 Å². The molecule has 3 rings (SSSR count). The first-order valence-corrected chi connectivity index (χ1v) is 10.9. The lowest BCUT2D eigenvalue weighted by Gasteiger charge is -2.16. The molecule has 0 bridgehead atoms. The second-order valence-corrected chi connectivity index (χ2v) is 8.22. The molecule has 0 amide bonds. The Kier molecular flexibility index (Phi) is 6.57. The maximum atomic E-state index is 12.6. The highest BCUT2D eigenvalue weighted by molar-refractivity contribution is 7.53. The van der Waals surface area contributed by atoms with Crippen LogP contribution >= 0.6 is 7.60 Å². The summed E-state index contributed by atoms with van der Waals surface area (Å²) >= 11 is 0. The second-order valence-electron chi connectivity index (χ2n) is 6.17. The molecular formula is C21H23N2O4P. The van der Waals surface area contributed by atoms with Crippen LogP contribution in [0.15, 0.2) is 64.4 Å². The Balaban J connectivity index is 1.76. The van der Waals surface area contributed by atoms with E-state index in [-0.39, 0.29) is 11.7 Å². The molecule has 6 nitrogen and oxygen atoms in total. The summed E-state index contributed by atoms with van der Waals surface area (Å²) in [5.74, 6) is 0. The first-order valence-electron chi connectivity index (χ1n) is 9.16. The summed E-state index contributed by atoms with van der Waals surface area (Å²) in [5.41, 5.74) is 2.63. The van der Waals surface area contributed by atoms with Crippen molar-refractivity contribution >= 4 is 30.4 Å². The number of aromatic amines is 1. The number of H-pyrrole nitrogens is 1. The van der Waals surface area contributed by atoms with E-state index in [1.54, 1.807) is 20.1 Å². The molecule has 2 aromatic carbocycles. The van der Waals surface area contributed by atoms with Crippen molar-refractivity contribution in [3.05, 3.63) is 76.1 Å². The summed E-state index contributed by atoms with van der Waals surface area (Å²) in [5, 5.41) is 0.946. The smallest absolute Gasteiger partial charge is 0.321 e. The Morgan fingerprint density at radius 3 is 2.39 bits per heavy atom. The van der Waals surface area contributed by atoms with Crippen molar-refractivity contribution in [2.24, 2.45) is 4.99 Å². The van der Waals surface area contributed by atoms with Gasteiger partial charge in [-0.3, -0.25) is 14.4 Å². The molecule has 0 saturated heterocycles. The number of benzene rings is 2. The summed E-state index contributed by atoms with van der Waals surface area (Å²) in [7, 11) is -3.13. The Morgan fingerprint density at radius 1 is 1.04 bits per heavy atom. The van der Waals surface area contributed by atoms with E-state index < -0.39 is 7.60 Å². The third-order valence-corrected chi connectivity index (χ3v) is 6.15. The van der Waals surface area contributed by atoms with E-state index in [0.29, 0.717) is 24.5 Å². The number of pyridine rings is 1. The lowest BCUT2D eigenvalue weighted by atomic mass is 10.1. The molecule has 0 aliphatic rings. The molecule has 0 radical (unpaired) electrons. The minimum absolute atomic E-state index is 0.187. The van der Waals surface area contributed by atoms with Gasteiger partial charge in [0.1, 0.15) is 0 Å². The largest absolute Gasteiger partial charge is 0.335 e. The molecule has 1 heterocycles. The van der Waals surface area contributed by atoms with E-state index in [9.17, 15) is 9.36 Å². The molecule has 1 N–H and O–H groups in total. The Hall–Kier alpha value is -2.53. The first kappa shape index (κ1) is 20.2. The number of aromatic nitrogens is 1. The van der Waals surface area contributed by atoms with Gasteiger partial charge in [0.2, 0.25) is 0 Å². The lowest BCUT2D eigenvalue weighted by Crippen LogP contribution is -2.11. The number of hydrogen-bond donors (Lipinski definition) is 1. The fourth-order valence-electron chi connectivity index (χ4n) is 2.84. The summed E-state index contributed by atoms with van der Waals surface area (Å²) in [4.78, 5) is 19.4. The highest BCUT2D eigenvalue weighted by Crippen LogP contribution is 2.51. The van der Waals surface area contributed by atoms with E-state index in [4.69, 9.17) is 9.05 Å². The number of fused-ring (bicyclic) bond motifs is 1. The summed E-state index contributed by atoms with van der Waals surface area (Å²) < 4.78 is 23.3. The van der Waals surface area contributed by atoms with Crippen LogP contribution in [0.25, 0.3) is 10.9 Å². The van der Waals surface area contributed by atoms with Crippen LogP contribution in [-0.4, -0.2) is 24.4 Å². The zero-order valence-corrected chi connectivity index (χ0v) is 16.8. The molecule has 0 fully saturated rings. The van der Waals surface area contributed by atoms with Gasteiger partial charge in [-0.05, 0) is 49.1 Å². The molecule has 7 heteroatoms. The van der Waals surface area contributed by atoms with Crippen LogP contribution in [0.1, 0.15) is 25.0 Å². The molecule has 0 aliphatic carbocycles. The standard InChI is InChI=1S/C21H23N2O4P/c1-3-26-28(25,27-4-2)15-16-9-11-19(12-10-16)22-14-18-13-17-7-5-6-8-20(17)23-21(18)24/h5-14H,3-4,15H2,1-2H3,(H,23,24). The lowest BCUT2D eigenvalue weighted by molar-refractivity contribution is 0.219. The maximum Gasteiger partial charge on any atom is 0.335 e. The van der Waals surface area contributed by atoms with Gasteiger partial charge < -0.3 is 14.0 Å². The molecule has 3 aromatic rings. The Morgan fingerprint density at radius 2 is 1.71 bits per heavy atom. The Labute approximate surface area is 163 Å². The molecule has 28 heavy (non-hydrogen) atoms. The van der Waals surface area contributed by atoms with Crippen molar-refractivity contribution in [3.8, 4) is 0 Å². The molecule has 0 unspecified atom stereocenters. The topological polar surface area (TPSA) is 80.8 Å². The van der Waals surface area contributed by atoms with Crippen molar-refractivity contribution in [3.63, 3.8) is 0 Å². The monoisotopic (exact) mass is 398 g/mol. The average molecular weight is 398 g/mol. The predicted octanol–water partition coefficient (Wildman–Crippen LogP) is 5.04. The molecular weight excluding hydrogens is 375 g/mol. The third kappa shape index (κ3) is 5.04. The van der Waals surface area contributed by atoms with Crippen molar-refractivity contribution in [1.29, 1.82) is 0 Å². The van der Waals surface area contributed by atoms with Crippen molar-refractivity contribution in [1.82, 2.24) is 4.98 Å². The van der Waals surface area contributed by atoms with E-state index >= 15 is 0 Å². The highest BCUT2D eigenvalue weighted by atomic mass is 31.2. The number of hydrogen-bond acceptors (Lipinski definition) is 5. The van der Waals surface area contributed by atoms with Gasteiger partial charge in [-0.15, -0.1) is 0 Å². The summed E-state index contributed by atoms with van der Waals surface area (Å²) in [6.45, 7) is 4.25. The fourth-order valence-corrected chi connectivity index (χ4v) is 4.54. The van der Waals surface area contributed by atoms with Crippen molar-refractivity contribution in [2.75, 3.05) is 13.2 Å². The van der Waals surface area contributed by atoms with Gasteiger partial charge in [0.05, 0.1) is 30.6 Å². The quantitative estimate of drug-likeness (QED) is 0.426. The molecule has 1 aromatic heterocycles. The van der Waals surface area contributed by atoms with Gasteiger partial charge in [0, 0.05) is 11.7 Å². The third-order valence-electron chi connectivity index (χ3n) is 4.10. The van der Waals surface area contributed by atoms with Gasteiger partial charge in [-0.2, -0.15) is 0 Å². The Bertz CT molecular complexity index is 1060. The molecule has 0 saturated carbocycles. The summed E-state index contributed by atoms with van der Waals surface area (Å²) in [6.07, 6.45) is 1.76. The molecule has 146 valence electrons. The van der Waals surface area contributed by atoms with Gasteiger partial charge in [-0.1, -0.05) is 30.3 Å². The zero-order valence-electron chi connectivity index (χ0n) is 15.9. The van der Waals surface area contributed by atoms with Crippen LogP contribution in [0.3, 0.4) is 0 Å².